The molecule has 0 rings (SSSR count). The first-order valence-electron chi connectivity index (χ1n) is 4.82. The Kier molecular flexibility index (Phi) is 5.86. The van der Waals surface area contributed by atoms with Crippen LogP contribution < -0.4 is 0 Å². The summed E-state index contributed by atoms with van der Waals surface area (Å²) in [7, 11) is -2.82. The third kappa shape index (κ3) is 4.95. The summed E-state index contributed by atoms with van der Waals surface area (Å²) in [5, 5.41) is 0. The van der Waals surface area contributed by atoms with E-state index in [0.717, 1.165) is 19.3 Å². The lowest BCUT2D eigenvalue weighted by Crippen LogP contribution is -2.06. The Balaban J connectivity index is 3.77. The van der Waals surface area contributed by atoms with E-state index in [1.165, 1.54) is 19.5 Å². The predicted molar refractivity (Wildman–Crippen MR) is 54.0 cm³/mol. The summed E-state index contributed by atoms with van der Waals surface area (Å²) in [4.78, 5) is 9.33. The van der Waals surface area contributed by atoms with Crippen LogP contribution in [0.4, 0.5) is 0 Å². The molecule has 2 atom stereocenters. The summed E-state index contributed by atoms with van der Waals surface area (Å²) in [5.41, 5.74) is 0.0315. The molecular weight excluding hydrogens is 171 g/mol. The third-order valence-electron chi connectivity index (χ3n) is 2.29. The highest BCUT2D eigenvalue weighted by molar-refractivity contribution is 7.57. The summed E-state index contributed by atoms with van der Waals surface area (Å²) in [6.45, 7) is 5.61. The maximum atomic E-state index is 11.3. The van der Waals surface area contributed by atoms with Gasteiger partial charge in [0.2, 0.25) is 7.37 Å². The van der Waals surface area contributed by atoms with E-state index >= 15 is 0 Å². The Morgan fingerprint density at radius 2 is 1.92 bits per heavy atom. The van der Waals surface area contributed by atoms with Gasteiger partial charge in [-0.15, -0.1) is 0 Å². The van der Waals surface area contributed by atoms with Gasteiger partial charge in [0.25, 0.3) is 0 Å². The standard InChI is InChI=1S/C9H21O2P/c1-4-6-7-8-9(5-2)12(3,10)11/h9H,4-8H2,1-3H3,(H,10,11). The van der Waals surface area contributed by atoms with Crippen molar-refractivity contribution >= 4 is 7.37 Å². The molecule has 0 fully saturated rings. The van der Waals surface area contributed by atoms with Crippen LogP contribution >= 0.6 is 7.37 Å². The molecule has 2 unspecified atom stereocenters. The third-order valence-corrected chi connectivity index (χ3v) is 4.27. The molecule has 0 aliphatic heterocycles. The summed E-state index contributed by atoms with van der Waals surface area (Å²) in [6.07, 6.45) is 5.18. The van der Waals surface area contributed by atoms with Crippen molar-refractivity contribution in [3.05, 3.63) is 0 Å². The Morgan fingerprint density at radius 1 is 1.33 bits per heavy atom. The van der Waals surface area contributed by atoms with Gasteiger partial charge < -0.3 is 4.89 Å². The van der Waals surface area contributed by atoms with Gasteiger partial charge in [-0.1, -0.05) is 33.1 Å². The highest BCUT2D eigenvalue weighted by Crippen LogP contribution is 2.45. The average molecular weight is 192 g/mol. The lowest BCUT2D eigenvalue weighted by atomic mass is 10.1. The number of unbranched alkanes of at least 4 members (excludes halogenated alkanes) is 2. The van der Waals surface area contributed by atoms with Crippen LogP contribution in [-0.2, 0) is 4.57 Å². The average Bonchev–Trinajstić information content (AvgIpc) is 1.95. The van der Waals surface area contributed by atoms with Crippen molar-refractivity contribution in [1.29, 1.82) is 0 Å². The van der Waals surface area contributed by atoms with E-state index in [2.05, 4.69) is 6.92 Å². The van der Waals surface area contributed by atoms with Crippen molar-refractivity contribution in [2.75, 3.05) is 6.66 Å². The summed E-state index contributed by atoms with van der Waals surface area (Å²) >= 11 is 0. The van der Waals surface area contributed by atoms with Gasteiger partial charge in [0, 0.05) is 12.3 Å². The monoisotopic (exact) mass is 192 g/mol. The Hall–Kier alpha value is 0.190. The molecule has 0 aromatic rings. The first-order chi connectivity index (χ1) is 5.52. The molecule has 0 aromatic carbocycles. The minimum atomic E-state index is -2.82. The van der Waals surface area contributed by atoms with E-state index in [1.807, 2.05) is 6.92 Å². The molecule has 12 heavy (non-hydrogen) atoms. The van der Waals surface area contributed by atoms with E-state index in [1.54, 1.807) is 0 Å². The van der Waals surface area contributed by atoms with Crippen LogP contribution in [0.5, 0.6) is 0 Å². The molecule has 0 aliphatic carbocycles. The highest BCUT2D eigenvalue weighted by atomic mass is 31.2. The minimum Gasteiger partial charge on any atom is -0.344 e. The fraction of sp³-hybridized carbons (Fsp3) is 1.00. The summed E-state index contributed by atoms with van der Waals surface area (Å²) < 4.78 is 11.3. The molecular formula is C9H21O2P. The molecule has 1 N–H and O–H groups in total. The molecule has 0 saturated heterocycles. The first-order valence-corrected chi connectivity index (χ1v) is 6.99. The van der Waals surface area contributed by atoms with Crippen LogP contribution in [0, 0.1) is 0 Å². The van der Waals surface area contributed by atoms with Gasteiger partial charge in [0.15, 0.2) is 0 Å². The van der Waals surface area contributed by atoms with Crippen LogP contribution in [0.15, 0.2) is 0 Å². The number of hydrogen-bond donors (Lipinski definition) is 1. The molecule has 0 bridgehead atoms. The largest absolute Gasteiger partial charge is 0.344 e. The SMILES string of the molecule is CCCCCC(CC)P(C)(=O)O. The zero-order valence-corrected chi connectivity index (χ0v) is 9.31. The second kappa shape index (κ2) is 5.77. The van der Waals surface area contributed by atoms with Crippen molar-refractivity contribution in [3.63, 3.8) is 0 Å². The smallest absolute Gasteiger partial charge is 0.200 e. The Bertz CT molecular complexity index is 151. The van der Waals surface area contributed by atoms with Gasteiger partial charge in [-0.25, -0.2) is 0 Å². The molecule has 0 amide bonds. The molecule has 74 valence electrons. The molecule has 0 radical (unpaired) electrons. The number of rotatable bonds is 6. The van der Waals surface area contributed by atoms with Gasteiger partial charge in [-0.3, -0.25) is 4.57 Å². The molecule has 0 aliphatic rings. The Morgan fingerprint density at radius 3 is 2.25 bits per heavy atom. The van der Waals surface area contributed by atoms with E-state index in [4.69, 9.17) is 0 Å². The first kappa shape index (κ1) is 12.2. The van der Waals surface area contributed by atoms with E-state index in [0.29, 0.717) is 0 Å². The molecule has 0 saturated carbocycles. The van der Waals surface area contributed by atoms with Crippen LogP contribution in [0.1, 0.15) is 46.0 Å². The Labute approximate surface area is 75.8 Å². The van der Waals surface area contributed by atoms with Gasteiger partial charge in [0.05, 0.1) is 0 Å². The fourth-order valence-electron chi connectivity index (χ4n) is 1.41. The van der Waals surface area contributed by atoms with Crippen LogP contribution in [0.3, 0.4) is 0 Å². The lowest BCUT2D eigenvalue weighted by Gasteiger charge is -2.17. The molecule has 2 nitrogen and oxygen atoms in total. The van der Waals surface area contributed by atoms with Crippen molar-refractivity contribution in [3.8, 4) is 0 Å². The zero-order valence-electron chi connectivity index (χ0n) is 8.42. The van der Waals surface area contributed by atoms with Gasteiger partial charge >= 0.3 is 0 Å². The normalized spacial score (nSPS) is 18.7. The van der Waals surface area contributed by atoms with Crippen molar-refractivity contribution in [2.24, 2.45) is 0 Å². The molecule has 0 aromatic heterocycles. The molecule has 0 spiro atoms. The zero-order chi connectivity index (χ0) is 9.61. The van der Waals surface area contributed by atoms with E-state index in [9.17, 15) is 9.46 Å². The van der Waals surface area contributed by atoms with Crippen LogP contribution in [-0.4, -0.2) is 17.2 Å². The second-order valence-corrected chi connectivity index (χ2v) is 6.12. The van der Waals surface area contributed by atoms with E-state index < -0.39 is 7.37 Å². The molecule has 0 heterocycles. The topological polar surface area (TPSA) is 37.3 Å². The highest BCUT2D eigenvalue weighted by Gasteiger charge is 2.22. The quantitative estimate of drug-likeness (QED) is 0.518. The maximum absolute atomic E-state index is 11.3. The maximum Gasteiger partial charge on any atom is 0.200 e. The van der Waals surface area contributed by atoms with Gasteiger partial charge in [-0.2, -0.15) is 0 Å². The van der Waals surface area contributed by atoms with Crippen molar-refractivity contribution in [2.45, 2.75) is 51.6 Å². The number of hydrogen-bond acceptors (Lipinski definition) is 1. The lowest BCUT2D eigenvalue weighted by molar-refractivity contribution is 0.457. The van der Waals surface area contributed by atoms with E-state index in [-0.39, 0.29) is 5.66 Å². The van der Waals surface area contributed by atoms with Crippen molar-refractivity contribution in [1.82, 2.24) is 0 Å². The second-order valence-electron chi connectivity index (χ2n) is 3.50. The van der Waals surface area contributed by atoms with Gasteiger partial charge in [-0.05, 0) is 12.8 Å². The van der Waals surface area contributed by atoms with Crippen LogP contribution in [0.2, 0.25) is 0 Å². The molecule has 3 heteroatoms. The van der Waals surface area contributed by atoms with Crippen LogP contribution in [0.25, 0.3) is 0 Å². The minimum absolute atomic E-state index is 0.0315. The fourth-order valence-corrected chi connectivity index (χ4v) is 2.75. The summed E-state index contributed by atoms with van der Waals surface area (Å²) in [5.74, 6) is 0. The van der Waals surface area contributed by atoms with Gasteiger partial charge in [0.1, 0.15) is 0 Å². The predicted octanol–water partition coefficient (Wildman–Crippen LogP) is 3.25. The summed E-state index contributed by atoms with van der Waals surface area (Å²) in [6, 6.07) is 0. The van der Waals surface area contributed by atoms with Crippen molar-refractivity contribution < 1.29 is 9.46 Å².